The van der Waals surface area contributed by atoms with Gasteiger partial charge in [-0.05, 0) is 42.8 Å². The molecule has 0 aliphatic heterocycles. The number of carboxylic acid groups (broad SMARTS) is 1. The Kier molecular flexibility index (Phi) is 3.97. The van der Waals surface area contributed by atoms with Gasteiger partial charge in [-0.1, -0.05) is 36.4 Å². The van der Waals surface area contributed by atoms with Crippen molar-refractivity contribution in [1.82, 2.24) is 5.32 Å². The minimum atomic E-state index is -0.900. The maximum absolute atomic E-state index is 10.9. The molecule has 0 heterocycles. The number of carbonyl (C=O) groups is 1. The first kappa shape index (κ1) is 13.3. The Balaban J connectivity index is 2.37. The van der Waals surface area contributed by atoms with Crippen molar-refractivity contribution in [2.45, 2.75) is 13.0 Å². The van der Waals surface area contributed by atoms with Gasteiger partial charge in [0.05, 0.1) is 11.6 Å². The molecule has 3 heteroatoms. The van der Waals surface area contributed by atoms with Crippen molar-refractivity contribution in [2.24, 2.45) is 0 Å². The van der Waals surface area contributed by atoms with E-state index in [0.717, 1.165) is 5.56 Å². The summed E-state index contributed by atoms with van der Waals surface area (Å²) in [6.45, 7) is 2.07. The minimum absolute atomic E-state index is 0.0732. The first-order valence-electron chi connectivity index (χ1n) is 6.19. The van der Waals surface area contributed by atoms with Crippen LogP contribution in [0.1, 0.15) is 33.1 Å². The van der Waals surface area contributed by atoms with Crippen LogP contribution in [0.4, 0.5) is 0 Å². The van der Waals surface area contributed by atoms with Crippen LogP contribution in [0.15, 0.2) is 48.5 Å². The highest BCUT2D eigenvalue weighted by Crippen LogP contribution is 2.24. The zero-order valence-corrected chi connectivity index (χ0v) is 11.1. The average Bonchev–Trinajstić information content (AvgIpc) is 2.42. The van der Waals surface area contributed by atoms with Gasteiger partial charge in [-0.25, -0.2) is 4.79 Å². The van der Waals surface area contributed by atoms with E-state index in [2.05, 4.69) is 24.4 Å². The number of hydrogen-bond acceptors (Lipinski definition) is 2. The summed E-state index contributed by atoms with van der Waals surface area (Å²) < 4.78 is 0. The Bertz CT molecular complexity index is 576. The Labute approximate surface area is 112 Å². The number of nitrogens with one attached hydrogen (secondary N) is 1. The molecule has 19 heavy (non-hydrogen) atoms. The SMILES string of the molecule is CNC(c1ccc(C(=O)O)cc1)c1ccccc1C. The van der Waals surface area contributed by atoms with Gasteiger partial charge in [0.2, 0.25) is 0 Å². The van der Waals surface area contributed by atoms with E-state index < -0.39 is 5.97 Å². The van der Waals surface area contributed by atoms with Crippen molar-refractivity contribution in [3.05, 3.63) is 70.8 Å². The van der Waals surface area contributed by atoms with Crippen LogP contribution in [0.5, 0.6) is 0 Å². The summed E-state index contributed by atoms with van der Waals surface area (Å²) in [7, 11) is 1.90. The quantitative estimate of drug-likeness (QED) is 0.883. The molecule has 1 unspecified atom stereocenters. The van der Waals surface area contributed by atoms with Gasteiger partial charge in [-0.15, -0.1) is 0 Å². The van der Waals surface area contributed by atoms with Gasteiger partial charge < -0.3 is 10.4 Å². The van der Waals surface area contributed by atoms with Crippen LogP contribution in [-0.2, 0) is 0 Å². The van der Waals surface area contributed by atoms with Crippen LogP contribution in [0.2, 0.25) is 0 Å². The molecular formula is C16H17NO2. The zero-order valence-electron chi connectivity index (χ0n) is 11.1. The molecule has 3 nitrogen and oxygen atoms in total. The molecule has 0 radical (unpaired) electrons. The summed E-state index contributed by atoms with van der Waals surface area (Å²) in [6.07, 6.45) is 0. The predicted molar refractivity (Wildman–Crippen MR) is 75.5 cm³/mol. The first-order valence-corrected chi connectivity index (χ1v) is 6.19. The van der Waals surface area contributed by atoms with Gasteiger partial charge in [0, 0.05) is 0 Å². The highest BCUT2D eigenvalue weighted by atomic mass is 16.4. The molecule has 0 aliphatic carbocycles. The Morgan fingerprint density at radius 3 is 2.26 bits per heavy atom. The summed E-state index contributed by atoms with van der Waals surface area (Å²) >= 11 is 0. The van der Waals surface area contributed by atoms with Crippen molar-refractivity contribution in [3.8, 4) is 0 Å². The number of rotatable bonds is 4. The largest absolute Gasteiger partial charge is 0.478 e. The molecule has 0 saturated carbocycles. The number of hydrogen-bond donors (Lipinski definition) is 2. The summed E-state index contributed by atoms with van der Waals surface area (Å²) in [5, 5.41) is 12.2. The fraction of sp³-hybridized carbons (Fsp3) is 0.188. The standard InChI is InChI=1S/C16H17NO2/c1-11-5-3-4-6-14(11)15(17-2)12-7-9-13(10-8-12)16(18)19/h3-10,15,17H,1-2H3,(H,18,19). The lowest BCUT2D eigenvalue weighted by Crippen LogP contribution is -2.18. The summed E-state index contributed by atoms with van der Waals surface area (Å²) in [6, 6.07) is 15.3. The molecule has 0 spiro atoms. The maximum atomic E-state index is 10.9. The maximum Gasteiger partial charge on any atom is 0.335 e. The van der Waals surface area contributed by atoms with Crippen molar-refractivity contribution >= 4 is 5.97 Å². The second-order valence-corrected chi connectivity index (χ2v) is 4.51. The van der Waals surface area contributed by atoms with Crippen molar-refractivity contribution in [3.63, 3.8) is 0 Å². The smallest absolute Gasteiger partial charge is 0.335 e. The zero-order chi connectivity index (χ0) is 13.8. The monoisotopic (exact) mass is 255 g/mol. The molecule has 2 rings (SSSR count). The molecule has 2 N–H and O–H groups in total. The van der Waals surface area contributed by atoms with Crippen LogP contribution in [0.25, 0.3) is 0 Å². The molecule has 1 atom stereocenters. The van der Waals surface area contributed by atoms with E-state index in [0.29, 0.717) is 5.56 Å². The van der Waals surface area contributed by atoms with Crippen LogP contribution in [0.3, 0.4) is 0 Å². The molecule has 0 amide bonds. The molecule has 0 aliphatic rings. The third-order valence-electron chi connectivity index (χ3n) is 3.28. The van der Waals surface area contributed by atoms with Gasteiger partial charge >= 0.3 is 5.97 Å². The normalized spacial score (nSPS) is 12.1. The molecule has 0 bridgehead atoms. The van der Waals surface area contributed by atoms with Crippen LogP contribution < -0.4 is 5.32 Å². The Morgan fingerprint density at radius 1 is 1.11 bits per heavy atom. The second-order valence-electron chi connectivity index (χ2n) is 4.51. The summed E-state index contributed by atoms with van der Waals surface area (Å²) in [5.74, 6) is -0.900. The fourth-order valence-corrected chi connectivity index (χ4v) is 2.23. The third-order valence-corrected chi connectivity index (χ3v) is 3.28. The lowest BCUT2D eigenvalue weighted by molar-refractivity contribution is 0.0697. The number of benzene rings is 2. The van der Waals surface area contributed by atoms with E-state index in [1.807, 2.05) is 31.3 Å². The molecule has 0 saturated heterocycles. The lowest BCUT2D eigenvalue weighted by atomic mass is 9.94. The molecule has 0 fully saturated rings. The third kappa shape index (κ3) is 2.83. The topological polar surface area (TPSA) is 49.3 Å². The molecular weight excluding hydrogens is 238 g/mol. The number of aromatic carboxylic acids is 1. The van der Waals surface area contributed by atoms with Crippen molar-refractivity contribution in [1.29, 1.82) is 0 Å². The summed E-state index contributed by atoms with van der Waals surface area (Å²) in [5.41, 5.74) is 3.78. The van der Waals surface area contributed by atoms with E-state index in [1.165, 1.54) is 11.1 Å². The van der Waals surface area contributed by atoms with E-state index in [-0.39, 0.29) is 6.04 Å². The van der Waals surface area contributed by atoms with Gasteiger partial charge in [-0.3, -0.25) is 0 Å². The fourth-order valence-electron chi connectivity index (χ4n) is 2.23. The minimum Gasteiger partial charge on any atom is -0.478 e. The van der Waals surface area contributed by atoms with Crippen molar-refractivity contribution in [2.75, 3.05) is 7.05 Å². The second kappa shape index (κ2) is 5.67. The van der Waals surface area contributed by atoms with E-state index >= 15 is 0 Å². The molecule has 2 aromatic rings. The predicted octanol–water partition coefficient (Wildman–Crippen LogP) is 3.00. The number of aryl methyl sites for hydroxylation is 1. The highest BCUT2D eigenvalue weighted by molar-refractivity contribution is 5.87. The van der Waals surface area contributed by atoms with Gasteiger partial charge in [0.1, 0.15) is 0 Å². The van der Waals surface area contributed by atoms with Gasteiger partial charge in [0.15, 0.2) is 0 Å². The average molecular weight is 255 g/mol. The van der Waals surface area contributed by atoms with Gasteiger partial charge in [-0.2, -0.15) is 0 Å². The summed E-state index contributed by atoms with van der Waals surface area (Å²) in [4.78, 5) is 10.9. The van der Waals surface area contributed by atoms with Crippen LogP contribution in [-0.4, -0.2) is 18.1 Å². The van der Waals surface area contributed by atoms with Crippen LogP contribution in [0, 0.1) is 6.92 Å². The van der Waals surface area contributed by atoms with E-state index in [1.54, 1.807) is 12.1 Å². The van der Waals surface area contributed by atoms with Crippen molar-refractivity contribution < 1.29 is 9.90 Å². The molecule has 0 aromatic heterocycles. The molecule has 98 valence electrons. The lowest BCUT2D eigenvalue weighted by Gasteiger charge is -2.19. The Hall–Kier alpha value is -2.13. The molecule has 2 aromatic carbocycles. The van der Waals surface area contributed by atoms with Crippen LogP contribution >= 0.6 is 0 Å². The van der Waals surface area contributed by atoms with Gasteiger partial charge in [0.25, 0.3) is 0 Å². The Morgan fingerprint density at radius 2 is 1.74 bits per heavy atom. The van der Waals surface area contributed by atoms with E-state index in [4.69, 9.17) is 5.11 Å². The number of carboxylic acids is 1. The van der Waals surface area contributed by atoms with E-state index in [9.17, 15) is 4.79 Å². The highest BCUT2D eigenvalue weighted by Gasteiger charge is 2.14. The first-order chi connectivity index (χ1) is 9.13.